The summed E-state index contributed by atoms with van der Waals surface area (Å²) < 4.78 is 33.0. The van der Waals surface area contributed by atoms with Crippen LogP contribution in [0.5, 0.6) is 5.75 Å². The van der Waals surface area contributed by atoms with Gasteiger partial charge in [0.05, 0.1) is 18.2 Å². The Morgan fingerprint density at radius 3 is 2.50 bits per heavy atom. The summed E-state index contributed by atoms with van der Waals surface area (Å²) in [6.45, 7) is 7.71. The van der Waals surface area contributed by atoms with Crippen LogP contribution in [0.15, 0.2) is 42.5 Å². The lowest BCUT2D eigenvalue weighted by Gasteiger charge is -2.31. The number of hydrogen-bond acceptors (Lipinski definition) is 4. The SMILES string of the molecule is CC(C)(C)c1ccc(OCCNC(=O)[C@@H]2CCCN(S(=O)(=O)Cc3ccc(Cl)cc3Cl)C2)cc1. The van der Waals surface area contributed by atoms with E-state index < -0.39 is 15.9 Å². The fourth-order valence-electron chi connectivity index (χ4n) is 3.87. The Balaban J connectivity index is 1.48. The fourth-order valence-corrected chi connectivity index (χ4v) is 6.07. The molecule has 3 rings (SSSR count). The fraction of sp³-hybridized carbons (Fsp3) is 0.480. The Morgan fingerprint density at radius 1 is 1.15 bits per heavy atom. The maximum absolute atomic E-state index is 12.9. The molecule has 1 fully saturated rings. The number of carbonyl (C=O) groups excluding carboxylic acids is 1. The van der Waals surface area contributed by atoms with E-state index >= 15 is 0 Å². The van der Waals surface area contributed by atoms with E-state index in [0.29, 0.717) is 48.1 Å². The Bertz CT molecular complexity index is 1100. The topological polar surface area (TPSA) is 75.7 Å². The van der Waals surface area contributed by atoms with Gasteiger partial charge in [0.25, 0.3) is 0 Å². The van der Waals surface area contributed by atoms with Gasteiger partial charge < -0.3 is 10.1 Å². The van der Waals surface area contributed by atoms with Crippen molar-refractivity contribution in [2.45, 2.75) is 44.8 Å². The lowest BCUT2D eigenvalue weighted by Crippen LogP contribution is -2.46. The second-order valence-electron chi connectivity index (χ2n) is 9.60. The van der Waals surface area contributed by atoms with Crippen LogP contribution in [0.25, 0.3) is 0 Å². The van der Waals surface area contributed by atoms with Gasteiger partial charge in [-0.05, 0) is 53.6 Å². The van der Waals surface area contributed by atoms with Crippen LogP contribution in [-0.2, 0) is 26.0 Å². The third kappa shape index (κ3) is 7.35. The van der Waals surface area contributed by atoms with Crippen molar-refractivity contribution in [3.8, 4) is 5.75 Å². The summed E-state index contributed by atoms with van der Waals surface area (Å²) in [5, 5.41) is 3.64. The van der Waals surface area contributed by atoms with Gasteiger partial charge in [0.2, 0.25) is 15.9 Å². The lowest BCUT2D eigenvalue weighted by atomic mass is 9.87. The molecular weight excluding hydrogens is 495 g/mol. The zero-order valence-corrected chi connectivity index (χ0v) is 22.1. The summed E-state index contributed by atoms with van der Waals surface area (Å²) in [7, 11) is -3.61. The standard InChI is InChI=1S/C25H32Cl2N2O4S/c1-25(2,3)20-7-10-22(11-8-20)33-14-12-28-24(30)18-5-4-13-29(16-18)34(31,32)17-19-6-9-21(26)15-23(19)27/h6-11,15,18H,4-5,12-14,16-17H2,1-3H3,(H,28,30)/t18-/m1/s1. The highest BCUT2D eigenvalue weighted by Crippen LogP contribution is 2.27. The zero-order valence-electron chi connectivity index (χ0n) is 19.8. The Labute approximate surface area is 212 Å². The number of ether oxygens (including phenoxy) is 1. The van der Waals surface area contributed by atoms with Gasteiger partial charge in [0.1, 0.15) is 12.4 Å². The number of amides is 1. The number of carbonyl (C=O) groups is 1. The van der Waals surface area contributed by atoms with E-state index in [4.69, 9.17) is 27.9 Å². The highest BCUT2D eigenvalue weighted by Gasteiger charge is 2.32. The smallest absolute Gasteiger partial charge is 0.224 e. The van der Waals surface area contributed by atoms with Crippen molar-refractivity contribution in [3.63, 3.8) is 0 Å². The van der Waals surface area contributed by atoms with Crippen LogP contribution < -0.4 is 10.1 Å². The average Bonchev–Trinajstić information content (AvgIpc) is 2.78. The third-order valence-corrected chi connectivity index (χ3v) is 8.27. The van der Waals surface area contributed by atoms with E-state index in [9.17, 15) is 13.2 Å². The lowest BCUT2D eigenvalue weighted by molar-refractivity contribution is -0.126. The summed E-state index contributed by atoms with van der Waals surface area (Å²) in [4.78, 5) is 12.7. The maximum atomic E-state index is 12.9. The van der Waals surface area contributed by atoms with Crippen molar-refractivity contribution in [1.82, 2.24) is 9.62 Å². The van der Waals surface area contributed by atoms with Crippen LogP contribution in [0.1, 0.15) is 44.7 Å². The first-order valence-corrected chi connectivity index (χ1v) is 13.7. The average molecular weight is 528 g/mol. The molecule has 0 unspecified atom stereocenters. The summed E-state index contributed by atoms with van der Waals surface area (Å²) in [6, 6.07) is 12.7. The molecule has 0 spiro atoms. The molecule has 34 heavy (non-hydrogen) atoms. The van der Waals surface area contributed by atoms with Gasteiger partial charge in [-0.2, -0.15) is 0 Å². The van der Waals surface area contributed by atoms with Gasteiger partial charge in [-0.25, -0.2) is 12.7 Å². The molecule has 0 radical (unpaired) electrons. The summed E-state index contributed by atoms with van der Waals surface area (Å²) in [6.07, 6.45) is 1.27. The van der Waals surface area contributed by atoms with E-state index in [-0.39, 0.29) is 23.6 Å². The molecule has 1 aliphatic heterocycles. The van der Waals surface area contributed by atoms with Crippen LogP contribution in [-0.4, -0.2) is 44.9 Å². The maximum Gasteiger partial charge on any atom is 0.224 e. The summed E-state index contributed by atoms with van der Waals surface area (Å²) in [5.74, 6) is -0.0245. The molecule has 1 saturated heterocycles. The Morgan fingerprint density at radius 2 is 1.85 bits per heavy atom. The second kappa shape index (κ2) is 11.3. The van der Waals surface area contributed by atoms with Crippen molar-refractivity contribution in [3.05, 3.63) is 63.6 Å². The molecular formula is C25H32Cl2N2O4S. The first-order chi connectivity index (χ1) is 16.0. The molecule has 1 aliphatic rings. The van der Waals surface area contributed by atoms with E-state index in [1.54, 1.807) is 12.1 Å². The second-order valence-corrected chi connectivity index (χ2v) is 12.4. The van der Waals surface area contributed by atoms with Crippen LogP contribution >= 0.6 is 23.2 Å². The third-order valence-electron chi connectivity index (χ3n) is 5.89. The number of nitrogens with zero attached hydrogens (tertiary/aromatic N) is 1. The monoisotopic (exact) mass is 526 g/mol. The molecule has 0 bridgehead atoms. The molecule has 1 N–H and O–H groups in total. The normalized spacial score (nSPS) is 17.4. The van der Waals surface area contributed by atoms with Gasteiger partial charge in [0.15, 0.2) is 0 Å². The molecule has 0 aromatic heterocycles. The van der Waals surface area contributed by atoms with Crippen molar-refractivity contribution >= 4 is 39.1 Å². The molecule has 0 saturated carbocycles. The highest BCUT2D eigenvalue weighted by atomic mass is 35.5. The van der Waals surface area contributed by atoms with Gasteiger partial charge in [-0.15, -0.1) is 0 Å². The van der Waals surface area contributed by atoms with Crippen LogP contribution in [0.3, 0.4) is 0 Å². The Hall–Kier alpha value is -1.80. The van der Waals surface area contributed by atoms with Gasteiger partial charge >= 0.3 is 0 Å². The number of hydrogen-bond donors (Lipinski definition) is 1. The molecule has 1 amide bonds. The first kappa shape index (κ1) is 26.8. The van der Waals surface area contributed by atoms with E-state index in [2.05, 4.69) is 26.1 Å². The molecule has 186 valence electrons. The van der Waals surface area contributed by atoms with Crippen molar-refractivity contribution in [1.29, 1.82) is 0 Å². The molecule has 2 aromatic carbocycles. The number of nitrogens with one attached hydrogen (secondary N) is 1. The first-order valence-electron chi connectivity index (χ1n) is 11.4. The molecule has 0 aliphatic carbocycles. The minimum Gasteiger partial charge on any atom is -0.492 e. The summed E-state index contributed by atoms with van der Waals surface area (Å²) >= 11 is 12.1. The molecule has 6 nitrogen and oxygen atoms in total. The van der Waals surface area contributed by atoms with Crippen LogP contribution in [0.4, 0.5) is 0 Å². The minimum absolute atomic E-state index is 0.0783. The highest BCUT2D eigenvalue weighted by molar-refractivity contribution is 7.88. The van der Waals surface area contributed by atoms with Crippen molar-refractivity contribution in [2.24, 2.45) is 5.92 Å². The Kier molecular flexibility index (Phi) is 8.90. The number of rotatable bonds is 8. The van der Waals surface area contributed by atoms with E-state index in [1.807, 2.05) is 24.3 Å². The quantitative estimate of drug-likeness (QED) is 0.489. The number of sulfonamides is 1. The van der Waals surface area contributed by atoms with Gasteiger partial charge in [-0.3, -0.25) is 4.79 Å². The molecule has 1 atom stereocenters. The zero-order chi connectivity index (χ0) is 24.9. The van der Waals surface area contributed by atoms with Crippen LogP contribution in [0, 0.1) is 5.92 Å². The number of piperidine rings is 1. The molecule has 1 heterocycles. The molecule has 2 aromatic rings. The van der Waals surface area contributed by atoms with Gasteiger partial charge in [0, 0.05) is 23.1 Å². The van der Waals surface area contributed by atoms with E-state index in [0.717, 1.165) is 5.75 Å². The predicted octanol–water partition coefficient (Wildman–Crippen LogP) is 5.03. The van der Waals surface area contributed by atoms with Gasteiger partial charge in [-0.1, -0.05) is 62.2 Å². The minimum atomic E-state index is -3.61. The van der Waals surface area contributed by atoms with Crippen molar-refractivity contribution in [2.75, 3.05) is 26.2 Å². The number of halogens is 2. The predicted molar refractivity (Wildman–Crippen MR) is 137 cm³/mol. The summed E-state index contributed by atoms with van der Waals surface area (Å²) in [5.41, 5.74) is 1.79. The van der Waals surface area contributed by atoms with Crippen molar-refractivity contribution < 1.29 is 17.9 Å². The largest absolute Gasteiger partial charge is 0.492 e. The van der Waals surface area contributed by atoms with E-state index in [1.165, 1.54) is 15.9 Å². The number of benzene rings is 2. The van der Waals surface area contributed by atoms with Crippen LogP contribution in [0.2, 0.25) is 10.0 Å². The molecule has 9 heteroatoms.